The van der Waals surface area contributed by atoms with E-state index in [0.717, 1.165) is 41.5 Å². The van der Waals surface area contributed by atoms with Gasteiger partial charge in [0.1, 0.15) is 5.75 Å². The molecule has 2 aliphatic heterocycles. The highest BCUT2D eigenvalue weighted by Gasteiger charge is 2.62. The van der Waals surface area contributed by atoms with Crippen LogP contribution in [0.1, 0.15) is 40.8 Å². The van der Waals surface area contributed by atoms with E-state index in [-0.39, 0.29) is 0 Å². The van der Waals surface area contributed by atoms with E-state index in [0.29, 0.717) is 5.92 Å². The molecule has 0 saturated carbocycles. The standard InChI is InChI=1S/C25H24N4O2/c1-16-14-28(15-26-16)21-9-7-18(13-22(21)30-3)8-10-23-27-31-25-17(2)20-6-4-5-19(24(20)25)11-12-29(23)25/h4-10,13-15,17H,11-12H2,1-3H3/b10-8+. The molecule has 2 aromatic carbocycles. The highest BCUT2D eigenvalue weighted by atomic mass is 16.7. The Hall–Kier alpha value is -3.54. The van der Waals surface area contributed by atoms with E-state index in [9.17, 15) is 0 Å². The topological polar surface area (TPSA) is 51.9 Å². The van der Waals surface area contributed by atoms with Crippen molar-refractivity contribution >= 4 is 11.9 Å². The maximum absolute atomic E-state index is 6.11. The van der Waals surface area contributed by atoms with Crippen LogP contribution in [0.2, 0.25) is 0 Å². The molecule has 0 bridgehead atoms. The van der Waals surface area contributed by atoms with E-state index in [1.807, 2.05) is 35.9 Å². The van der Waals surface area contributed by atoms with Crippen LogP contribution >= 0.6 is 0 Å². The molecule has 0 saturated heterocycles. The fourth-order valence-corrected chi connectivity index (χ4v) is 5.22. The summed E-state index contributed by atoms with van der Waals surface area (Å²) in [4.78, 5) is 12.7. The van der Waals surface area contributed by atoms with Crippen molar-refractivity contribution < 1.29 is 9.57 Å². The molecule has 6 nitrogen and oxygen atoms in total. The Morgan fingerprint density at radius 1 is 1.23 bits per heavy atom. The molecule has 3 aliphatic rings. The number of imidazole rings is 1. The van der Waals surface area contributed by atoms with Crippen molar-refractivity contribution in [3.8, 4) is 11.4 Å². The smallest absolute Gasteiger partial charge is 0.244 e. The normalized spacial score (nSPS) is 23.1. The summed E-state index contributed by atoms with van der Waals surface area (Å²) in [6.07, 6.45) is 8.91. The van der Waals surface area contributed by atoms with Crippen LogP contribution in [0.4, 0.5) is 0 Å². The van der Waals surface area contributed by atoms with Crippen molar-refractivity contribution in [3.63, 3.8) is 0 Å². The third-order valence-corrected chi connectivity index (χ3v) is 6.77. The van der Waals surface area contributed by atoms with Gasteiger partial charge in [-0.1, -0.05) is 42.4 Å². The molecule has 6 heteroatoms. The van der Waals surface area contributed by atoms with E-state index in [1.54, 1.807) is 13.4 Å². The lowest BCUT2D eigenvalue weighted by Crippen LogP contribution is -2.59. The number of benzene rings is 2. The molecular formula is C25H24N4O2. The zero-order valence-corrected chi connectivity index (χ0v) is 17.9. The van der Waals surface area contributed by atoms with Gasteiger partial charge in [0.15, 0.2) is 5.84 Å². The average molecular weight is 412 g/mol. The van der Waals surface area contributed by atoms with Crippen molar-refractivity contribution in [1.82, 2.24) is 14.5 Å². The Bertz CT molecular complexity index is 1240. The summed E-state index contributed by atoms with van der Waals surface area (Å²) in [6, 6.07) is 12.7. The molecule has 31 heavy (non-hydrogen) atoms. The lowest BCUT2D eigenvalue weighted by Gasteiger charge is -2.53. The second-order valence-electron chi connectivity index (χ2n) is 8.43. The maximum Gasteiger partial charge on any atom is 0.244 e. The van der Waals surface area contributed by atoms with Gasteiger partial charge in [0.2, 0.25) is 5.72 Å². The summed E-state index contributed by atoms with van der Waals surface area (Å²) < 4.78 is 7.61. The summed E-state index contributed by atoms with van der Waals surface area (Å²) in [5.74, 6) is 1.97. The van der Waals surface area contributed by atoms with Gasteiger partial charge in [0.05, 0.1) is 24.8 Å². The van der Waals surface area contributed by atoms with Crippen LogP contribution in [0, 0.1) is 6.92 Å². The summed E-state index contributed by atoms with van der Waals surface area (Å²) >= 11 is 0. The number of oxime groups is 1. The fraction of sp³-hybridized carbons (Fsp3) is 0.280. The Balaban J connectivity index is 1.28. The van der Waals surface area contributed by atoms with Gasteiger partial charge in [0, 0.05) is 24.2 Å². The highest BCUT2D eigenvalue weighted by molar-refractivity contribution is 5.98. The molecule has 0 fully saturated rings. The molecule has 2 unspecified atom stereocenters. The van der Waals surface area contributed by atoms with E-state index in [4.69, 9.17) is 9.57 Å². The van der Waals surface area contributed by atoms with Crippen LogP contribution in [0.5, 0.6) is 5.75 Å². The van der Waals surface area contributed by atoms with Crippen LogP contribution in [-0.2, 0) is 17.0 Å². The number of aromatic nitrogens is 2. The minimum atomic E-state index is -0.426. The van der Waals surface area contributed by atoms with Gasteiger partial charge in [-0.3, -0.25) is 0 Å². The summed E-state index contributed by atoms with van der Waals surface area (Å²) in [7, 11) is 1.69. The molecular weight excluding hydrogens is 388 g/mol. The van der Waals surface area contributed by atoms with Crippen molar-refractivity contribution in [2.75, 3.05) is 13.7 Å². The second-order valence-corrected chi connectivity index (χ2v) is 8.43. The van der Waals surface area contributed by atoms with E-state index >= 15 is 0 Å². The zero-order valence-electron chi connectivity index (χ0n) is 17.9. The first kappa shape index (κ1) is 18.2. The molecule has 2 atom stereocenters. The first-order valence-corrected chi connectivity index (χ1v) is 10.6. The Morgan fingerprint density at radius 2 is 2.13 bits per heavy atom. The molecule has 0 amide bonds. The largest absolute Gasteiger partial charge is 0.495 e. The Kier molecular flexibility index (Phi) is 3.81. The van der Waals surface area contributed by atoms with Gasteiger partial charge in [-0.15, -0.1) is 0 Å². The number of hydrogen-bond donors (Lipinski definition) is 0. The van der Waals surface area contributed by atoms with Crippen LogP contribution in [0.25, 0.3) is 11.8 Å². The predicted octanol–water partition coefficient (Wildman–Crippen LogP) is 4.37. The van der Waals surface area contributed by atoms with Gasteiger partial charge in [0.25, 0.3) is 0 Å². The van der Waals surface area contributed by atoms with Crippen molar-refractivity contribution in [1.29, 1.82) is 0 Å². The minimum Gasteiger partial charge on any atom is -0.495 e. The van der Waals surface area contributed by atoms with Gasteiger partial charge < -0.3 is 19.0 Å². The molecule has 3 aromatic rings. The first-order chi connectivity index (χ1) is 15.1. The monoisotopic (exact) mass is 412 g/mol. The quantitative estimate of drug-likeness (QED) is 0.638. The molecule has 1 aromatic heterocycles. The lowest BCUT2D eigenvalue weighted by molar-refractivity contribution is -0.149. The minimum absolute atomic E-state index is 0.301. The van der Waals surface area contributed by atoms with Gasteiger partial charge in [-0.2, -0.15) is 0 Å². The van der Waals surface area contributed by atoms with Crippen LogP contribution < -0.4 is 4.74 Å². The SMILES string of the molecule is COc1cc(/C=C/C2=NOC34c5c(cccc5C3C)CCN24)ccc1-n1cnc(C)c1. The molecule has 0 radical (unpaired) electrons. The number of nitrogens with zero attached hydrogens (tertiary/aromatic N) is 4. The number of hydrogen-bond acceptors (Lipinski definition) is 5. The van der Waals surface area contributed by atoms with E-state index < -0.39 is 5.72 Å². The number of ether oxygens (including phenoxy) is 1. The zero-order chi connectivity index (χ0) is 21.2. The number of rotatable bonds is 4. The lowest BCUT2D eigenvalue weighted by atomic mass is 9.65. The number of amidine groups is 1. The number of methoxy groups -OCH3 is 1. The number of aryl methyl sites for hydroxylation is 1. The molecule has 156 valence electrons. The third kappa shape index (κ3) is 2.45. The Morgan fingerprint density at radius 3 is 2.94 bits per heavy atom. The average Bonchev–Trinajstić information content (AvgIpc) is 3.41. The Labute approximate surface area is 181 Å². The molecule has 3 heterocycles. The first-order valence-electron chi connectivity index (χ1n) is 10.6. The van der Waals surface area contributed by atoms with Gasteiger partial charge in [-0.25, -0.2) is 4.98 Å². The van der Waals surface area contributed by atoms with Crippen LogP contribution in [0.3, 0.4) is 0 Å². The predicted molar refractivity (Wildman–Crippen MR) is 119 cm³/mol. The fourth-order valence-electron chi connectivity index (χ4n) is 5.22. The van der Waals surface area contributed by atoms with Crippen LogP contribution in [0.15, 0.2) is 60.2 Å². The third-order valence-electron chi connectivity index (χ3n) is 6.77. The summed E-state index contributed by atoms with van der Waals surface area (Å²) in [5.41, 5.74) is 6.65. The van der Waals surface area contributed by atoms with Crippen molar-refractivity contribution in [2.45, 2.75) is 31.9 Å². The molecule has 1 spiro atoms. The summed E-state index contributed by atoms with van der Waals surface area (Å²) in [5, 5.41) is 4.48. The molecule has 6 rings (SSSR count). The van der Waals surface area contributed by atoms with E-state index in [1.165, 1.54) is 16.7 Å². The summed E-state index contributed by atoms with van der Waals surface area (Å²) in [6.45, 7) is 5.11. The van der Waals surface area contributed by atoms with E-state index in [2.05, 4.69) is 52.3 Å². The molecule has 0 N–H and O–H groups in total. The highest BCUT2D eigenvalue weighted by Crippen LogP contribution is 2.59. The van der Waals surface area contributed by atoms with Gasteiger partial charge in [-0.05, 0) is 48.2 Å². The van der Waals surface area contributed by atoms with Crippen molar-refractivity contribution in [2.24, 2.45) is 5.16 Å². The van der Waals surface area contributed by atoms with Gasteiger partial charge >= 0.3 is 0 Å². The maximum atomic E-state index is 6.11. The van der Waals surface area contributed by atoms with Crippen LogP contribution in [-0.4, -0.2) is 33.9 Å². The van der Waals surface area contributed by atoms with Crippen molar-refractivity contribution in [3.05, 3.63) is 82.9 Å². The molecule has 1 aliphatic carbocycles. The second kappa shape index (κ2) is 6.48.